The average Bonchev–Trinajstić information content (AvgIpc) is 2.85. The molecule has 8 heteroatoms. The van der Waals surface area contributed by atoms with Crippen molar-refractivity contribution >= 4 is 0 Å². The molecule has 5 nitrogen and oxygen atoms in total. The van der Waals surface area contributed by atoms with Crippen LogP contribution in [0.3, 0.4) is 0 Å². The normalized spacial score (nSPS) is 12.9. The molecule has 2 rings (SSSR count). The van der Waals surface area contributed by atoms with E-state index in [1.54, 1.807) is 6.07 Å². The second-order valence-corrected chi connectivity index (χ2v) is 4.04. The molecule has 0 amide bonds. The van der Waals surface area contributed by atoms with Crippen molar-refractivity contribution in [2.24, 2.45) is 0 Å². The zero-order chi connectivity index (χ0) is 14.8. The summed E-state index contributed by atoms with van der Waals surface area (Å²) in [5.41, 5.74) is -0.451. The molecule has 1 unspecified atom stereocenters. The van der Waals surface area contributed by atoms with E-state index in [1.807, 2.05) is 0 Å². The van der Waals surface area contributed by atoms with Gasteiger partial charge in [-0.2, -0.15) is 18.4 Å². The highest BCUT2D eigenvalue weighted by Gasteiger charge is 2.30. The summed E-state index contributed by atoms with van der Waals surface area (Å²) in [4.78, 5) is 3.66. The minimum atomic E-state index is -4.41. The third-order valence-electron chi connectivity index (χ3n) is 2.62. The smallest absolute Gasteiger partial charge is 0.386 e. The predicted octanol–water partition coefficient (Wildman–Crippen LogP) is 1.90. The summed E-state index contributed by atoms with van der Waals surface area (Å²) < 4.78 is 38.4. The van der Waals surface area contributed by atoms with Crippen molar-refractivity contribution in [1.29, 1.82) is 5.26 Å². The zero-order valence-electron chi connectivity index (χ0n) is 10.0. The number of alkyl halides is 3. The van der Waals surface area contributed by atoms with Crippen molar-refractivity contribution in [3.63, 3.8) is 0 Å². The lowest BCUT2D eigenvalue weighted by Crippen LogP contribution is -2.10. The number of aliphatic hydroxyl groups is 1. The van der Waals surface area contributed by atoms with Gasteiger partial charge in [-0.05, 0) is 17.7 Å². The Balaban J connectivity index is 2.09. The van der Waals surface area contributed by atoms with Crippen LogP contribution in [0.5, 0.6) is 0 Å². The molecule has 0 radical (unpaired) electrons. The van der Waals surface area contributed by atoms with Crippen molar-refractivity contribution in [3.05, 3.63) is 47.5 Å². The first-order valence-corrected chi connectivity index (χ1v) is 5.55. The van der Waals surface area contributed by atoms with Crippen molar-refractivity contribution in [3.8, 4) is 6.07 Å². The molecule has 1 heterocycles. The number of hydrogen-bond donors (Lipinski definition) is 1. The minimum absolute atomic E-state index is 0.0000442. The lowest BCUT2D eigenvalue weighted by atomic mass is 10.1. The maximum atomic E-state index is 12.4. The van der Waals surface area contributed by atoms with E-state index in [2.05, 4.69) is 10.1 Å². The Morgan fingerprint density at radius 3 is 2.45 bits per heavy atom. The Labute approximate surface area is 111 Å². The fraction of sp³-hybridized carbons (Fsp3) is 0.250. The minimum Gasteiger partial charge on any atom is -0.386 e. The monoisotopic (exact) mass is 282 g/mol. The third kappa shape index (κ3) is 3.13. The van der Waals surface area contributed by atoms with E-state index in [0.29, 0.717) is 5.56 Å². The third-order valence-corrected chi connectivity index (χ3v) is 2.62. The van der Waals surface area contributed by atoms with Gasteiger partial charge in [0, 0.05) is 0 Å². The van der Waals surface area contributed by atoms with E-state index in [1.165, 1.54) is 23.1 Å². The van der Waals surface area contributed by atoms with Gasteiger partial charge in [0.05, 0.1) is 18.2 Å². The van der Waals surface area contributed by atoms with Crippen LogP contribution in [0, 0.1) is 11.3 Å². The van der Waals surface area contributed by atoms with Crippen molar-refractivity contribution in [1.82, 2.24) is 14.8 Å². The first-order chi connectivity index (χ1) is 9.40. The van der Waals surface area contributed by atoms with E-state index in [-0.39, 0.29) is 12.4 Å². The Hall–Kier alpha value is -2.40. The standard InChI is InChI=1S/C12H9F3N4O/c13-12(14,15)9-3-1-8(2-4-9)10(20)6-19-7-17-11(5-16)18-19/h1-4,7,10,20H,6H2. The highest BCUT2D eigenvalue weighted by molar-refractivity contribution is 5.26. The molecule has 1 N–H and O–H groups in total. The molecular weight excluding hydrogens is 273 g/mol. The first kappa shape index (κ1) is 14.0. The highest BCUT2D eigenvalue weighted by Crippen LogP contribution is 2.30. The van der Waals surface area contributed by atoms with E-state index >= 15 is 0 Å². The number of hydrogen-bond acceptors (Lipinski definition) is 4. The molecule has 1 aromatic carbocycles. The van der Waals surface area contributed by atoms with E-state index < -0.39 is 17.8 Å². The van der Waals surface area contributed by atoms with Crippen LogP contribution in [0.2, 0.25) is 0 Å². The van der Waals surface area contributed by atoms with Crippen LogP contribution in [0.25, 0.3) is 0 Å². The number of nitriles is 1. The Kier molecular flexibility index (Phi) is 3.72. The number of aromatic nitrogens is 3. The summed E-state index contributed by atoms with van der Waals surface area (Å²) in [6.07, 6.45) is -4.17. The summed E-state index contributed by atoms with van der Waals surface area (Å²) in [6.45, 7) is 0.0000442. The van der Waals surface area contributed by atoms with Crippen molar-refractivity contribution in [2.45, 2.75) is 18.8 Å². The molecule has 1 atom stereocenters. The van der Waals surface area contributed by atoms with Crippen LogP contribution in [0.15, 0.2) is 30.6 Å². The van der Waals surface area contributed by atoms with Gasteiger partial charge < -0.3 is 5.11 Å². The fourth-order valence-electron chi connectivity index (χ4n) is 1.61. The molecule has 104 valence electrons. The van der Waals surface area contributed by atoms with Crippen LogP contribution in [-0.2, 0) is 12.7 Å². The highest BCUT2D eigenvalue weighted by atomic mass is 19.4. The molecular formula is C12H9F3N4O. The van der Waals surface area contributed by atoms with E-state index in [9.17, 15) is 18.3 Å². The molecule has 20 heavy (non-hydrogen) atoms. The first-order valence-electron chi connectivity index (χ1n) is 5.55. The van der Waals surface area contributed by atoms with Gasteiger partial charge >= 0.3 is 6.18 Å². The van der Waals surface area contributed by atoms with Crippen LogP contribution in [0.4, 0.5) is 13.2 Å². The lowest BCUT2D eigenvalue weighted by molar-refractivity contribution is -0.137. The number of nitrogens with zero attached hydrogens (tertiary/aromatic N) is 4. The number of aliphatic hydroxyl groups excluding tert-OH is 1. The Morgan fingerprint density at radius 1 is 1.30 bits per heavy atom. The molecule has 1 aromatic heterocycles. The van der Waals surface area contributed by atoms with Gasteiger partial charge in [0.2, 0.25) is 0 Å². The topological polar surface area (TPSA) is 74.7 Å². The lowest BCUT2D eigenvalue weighted by Gasteiger charge is -2.12. The van der Waals surface area contributed by atoms with Gasteiger partial charge in [0.25, 0.3) is 5.82 Å². The molecule has 0 saturated heterocycles. The summed E-state index contributed by atoms with van der Waals surface area (Å²) in [5.74, 6) is -0.0374. The van der Waals surface area contributed by atoms with Crippen LogP contribution in [-0.4, -0.2) is 19.9 Å². The molecule has 0 spiro atoms. The molecule has 0 aliphatic heterocycles. The Bertz CT molecular complexity index is 627. The van der Waals surface area contributed by atoms with E-state index in [0.717, 1.165) is 12.1 Å². The summed E-state index contributed by atoms with van der Waals surface area (Å²) in [6, 6.07) is 5.95. The van der Waals surface area contributed by atoms with Gasteiger partial charge in [0.1, 0.15) is 12.4 Å². The van der Waals surface area contributed by atoms with Crippen LogP contribution >= 0.6 is 0 Å². The number of rotatable bonds is 3. The maximum Gasteiger partial charge on any atom is 0.416 e. The van der Waals surface area contributed by atoms with Gasteiger partial charge in [-0.3, -0.25) is 0 Å². The molecule has 0 bridgehead atoms. The van der Waals surface area contributed by atoms with Gasteiger partial charge in [-0.25, -0.2) is 9.67 Å². The van der Waals surface area contributed by atoms with Crippen molar-refractivity contribution < 1.29 is 18.3 Å². The van der Waals surface area contributed by atoms with Gasteiger partial charge in [-0.15, -0.1) is 5.10 Å². The fourth-order valence-corrected chi connectivity index (χ4v) is 1.61. The van der Waals surface area contributed by atoms with Crippen LogP contribution < -0.4 is 0 Å². The molecule has 0 aliphatic rings. The van der Waals surface area contributed by atoms with Crippen molar-refractivity contribution in [2.75, 3.05) is 0 Å². The number of benzene rings is 1. The molecule has 2 aromatic rings. The van der Waals surface area contributed by atoms with Gasteiger partial charge in [0.15, 0.2) is 0 Å². The summed E-state index contributed by atoms with van der Waals surface area (Å²) in [7, 11) is 0. The Morgan fingerprint density at radius 2 is 1.95 bits per heavy atom. The quantitative estimate of drug-likeness (QED) is 0.933. The number of halogens is 3. The molecule has 0 saturated carbocycles. The van der Waals surface area contributed by atoms with Gasteiger partial charge in [-0.1, -0.05) is 12.1 Å². The van der Waals surface area contributed by atoms with Crippen LogP contribution in [0.1, 0.15) is 23.1 Å². The summed E-state index contributed by atoms with van der Waals surface area (Å²) >= 11 is 0. The largest absolute Gasteiger partial charge is 0.416 e. The second kappa shape index (κ2) is 5.30. The van der Waals surface area contributed by atoms with E-state index in [4.69, 9.17) is 5.26 Å². The maximum absolute atomic E-state index is 12.4. The predicted molar refractivity (Wildman–Crippen MR) is 61.1 cm³/mol. The SMILES string of the molecule is N#Cc1ncn(CC(O)c2ccc(C(F)(F)F)cc2)n1. The second-order valence-electron chi connectivity index (χ2n) is 4.04. The average molecular weight is 282 g/mol. The molecule has 0 fully saturated rings. The zero-order valence-corrected chi connectivity index (χ0v) is 10.0. The molecule has 0 aliphatic carbocycles. The summed E-state index contributed by atoms with van der Waals surface area (Å²) in [5, 5.41) is 22.2.